The molecule has 0 aromatic heterocycles. The van der Waals surface area contributed by atoms with Crippen molar-refractivity contribution in [2.45, 2.75) is 30.8 Å². The van der Waals surface area contributed by atoms with Gasteiger partial charge in [-0.15, -0.1) is 11.8 Å². The van der Waals surface area contributed by atoms with Gasteiger partial charge in [0, 0.05) is 24.5 Å². The maximum atomic E-state index is 12.7. The number of hydrogen-bond acceptors (Lipinski definition) is 5. The fourth-order valence-electron chi connectivity index (χ4n) is 3.45. The van der Waals surface area contributed by atoms with Crippen LogP contribution in [0.4, 0.5) is 8.78 Å². The van der Waals surface area contributed by atoms with Crippen molar-refractivity contribution in [1.29, 1.82) is 0 Å². The minimum absolute atomic E-state index is 0.0373. The molecule has 0 aliphatic carbocycles. The summed E-state index contributed by atoms with van der Waals surface area (Å²) in [7, 11) is 1.38. The van der Waals surface area contributed by atoms with Gasteiger partial charge >= 0.3 is 6.61 Å². The van der Waals surface area contributed by atoms with E-state index < -0.39 is 6.61 Å². The van der Waals surface area contributed by atoms with Crippen molar-refractivity contribution >= 4 is 23.6 Å². The van der Waals surface area contributed by atoms with Gasteiger partial charge < -0.3 is 19.7 Å². The zero-order chi connectivity index (χ0) is 22.9. The van der Waals surface area contributed by atoms with E-state index in [-0.39, 0.29) is 23.3 Å². The molecule has 1 aliphatic heterocycles. The molecule has 1 heterocycles. The van der Waals surface area contributed by atoms with Crippen molar-refractivity contribution in [1.82, 2.24) is 10.2 Å². The normalized spacial score (nSPS) is 13.3. The number of rotatable bonds is 10. The van der Waals surface area contributed by atoms with Crippen LogP contribution in [0.2, 0.25) is 0 Å². The van der Waals surface area contributed by atoms with E-state index in [9.17, 15) is 18.4 Å². The minimum atomic E-state index is -2.93. The van der Waals surface area contributed by atoms with Crippen molar-refractivity contribution in [3.05, 3.63) is 53.6 Å². The van der Waals surface area contributed by atoms with E-state index in [0.717, 1.165) is 36.4 Å². The maximum absolute atomic E-state index is 12.7. The molecule has 0 unspecified atom stereocenters. The fraction of sp³-hybridized carbons (Fsp3) is 0.391. The molecular formula is C23H26F2N2O4S. The van der Waals surface area contributed by atoms with Crippen LogP contribution in [0.25, 0.3) is 0 Å². The van der Waals surface area contributed by atoms with Crippen LogP contribution in [0.3, 0.4) is 0 Å². The molecule has 3 rings (SSSR count). The minimum Gasteiger partial charge on any atom is -0.493 e. The van der Waals surface area contributed by atoms with Crippen LogP contribution in [-0.4, -0.2) is 55.8 Å². The first kappa shape index (κ1) is 23.8. The number of methoxy groups -OCH3 is 1. The third kappa shape index (κ3) is 6.59. The number of likely N-dealkylation sites (tertiary alicyclic amines) is 1. The van der Waals surface area contributed by atoms with Crippen molar-refractivity contribution in [3.8, 4) is 11.5 Å². The summed E-state index contributed by atoms with van der Waals surface area (Å²) in [6.07, 6.45) is 2.58. The Balaban J connectivity index is 1.54. The van der Waals surface area contributed by atoms with Gasteiger partial charge in [-0.3, -0.25) is 9.59 Å². The van der Waals surface area contributed by atoms with E-state index in [1.807, 2.05) is 17.0 Å². The molecule has 1 fully saturated rings. The smallest absolute Gasteiger partial charge is 0.387 e. The van der Waals surface area contributed by atoms with E-state index in [1.54, 1.807) is 24.3 Å². The van der Waals surface area contributed by atoms with E-state index in [0.29, 0.717) is 24.3 Å². The lowest BCUT2D eigenvalue weighted by Crippen LogP contribution is -2.29. The summed E-state index contributed by atoms with van der Waals surface area (Å²) in [5, 5.41) is 2.88. The molecule has 172 valence electrons. The zero-order valence-electron chi connectivity index (χ0n) is 17.8. The van der Waals surface area contributed by atoms with Gasteiger partial charge in [-0.05, 0) is 49.1 Å². The number of hydrogen-bond donors (Lipinski definition) is 1. The second-order valence-corrected chi connectivity index (χ2v) is 8.26. The highest BCUT2D eigenvalue weighted by Crippen LogP contribution is 2.29. The summed E-state index contributed by atoms with van der Waals surface area (Å²) in [6.45, 7) is -0.969. The Morgan fingerprint density at radius 1 is 1.12 bits per heavy atom. The van der Waals surface area contributed by atoms with Gasteiger partial charge in [-0.25, -0.2) is 0 Å². The van der Waals surface area contributed by atoms with Crippen molar-refractivity contribution in [2.24, 2.45) is 0 Å². The topological polar surface area (TPSA) is 67.9 Å². The predicted octanol–water partition coefficient (Wildman–Crippen LogP) is 3.98. The van der Waals surface area contributed by atoms with Gasteiger partial charge in [-0.2, -0.15) is 8.78 Å². The number of alkyl halides is 2. The largest absolute Gasteiger partial charge is 0.493 e. The van der Waals surface area contributed by atoms with Crippen molar-refractivity contribution in [3.63, 3.8) is 0 Å². The van der Waals surface area contributed by atoms with Gasteiger partial charge in [0.1, 0.15) is 0 Å². The van der Waals surface area contributed by atoms with Crippen LogP contribution in [-0.2, 0) is 11.2 Å². The standard InChI is InChI=1S/C23H26F2N2O4S/c1-30-19-14-16(8-9-18(19)31-23(24)25)10-11-26-22(29)17-6-2-3-7-20(17)32-15-21(28)27-12-4-5-13-27/h2-3,6-9,14,23H,4-5,10-13,15H2,1H3,(H,26,29). The SMILES string of the molecule is COc1cc(CCNC(=O)c2ccccc2SCC(=O)N2CCCC2)ccc1OC(F)F. The van der Waals surface area contributed by atoms with Crippen LogP contribution in [0.15, 0.2) is 47.4 Å². The number of nitrogens with one attached hydrogen (secondary N) is 1. The fourth-order valence-corrected chi connectivity index (χ4v) is 4.41. The summed E-state index contributed by atoms with van der Waals surface area (Å²) >= 11 is 1.37. The van der Waals surface area contributed by atoms with Gasteiger partial charge in [0.2, 0.25) is 5.91 Å². The average molecular weight is 465 g/mol. The molecule has 0 atom stereocenters. The van der Waals surface area contributed by atoms with E-state index in [2.05, 4.69) is 10.1 Å². The lowest BCUT2D eigenvalue weighted by Gasteiger charge is -2.15. The Kier molecular flexibility index (Phi) is 8.72. The molecular weight excluding hydrogens is 438 g/mol. The first-order valence-electron chi connectivity index (χ1n) is 10.4. The molecule has 1 N–H and O–H groups in total. The van der Waals surface area contributed by atoms with Crippen molar-refractivity contribution < 1.29 is 27.8 Å². The van der Waals surface area contributed by atoms with Crippen LogP contribution in [0, 0.1) is 0 Å². The van der Waals surface area contributed by atoms with E-state index in [4.69, 9.17) is 4.74 Å². The Morgan fingerprint density at radius 2 is 1.88 bits per heavy atom. The lowest BCUT2D eigenvalue weighted by atomic mass is 10.1. The quantitative estimate of drug-likeness (QED) is 0.539. The summed E-state index contributed by atoms with van der Waals surface area (Å²) in [5.41, 5.74) is 1.33. The molecule has 6 nitrogen and oxygen atoms in total. The first-order valence-corrected chi connectivity index (χ1v) is 11.4. The first-order chi connectivity index (χ1) is 15.5. The monoisotopic (exact) mass is 464 g/mol. The number of benzene rings is 2. The highest BCUT2D eigenvalue weighted by molar-refractivity contribution is 8.00. The van der Waals surface area contributed by atoms with E-state index >= 15 is 0 Å². The number of carbonyl (C=O) groups is 2. The summed E-state index contributed by atoms with van der Waals surface area (Å²) in [6, 6.07) is 11.9. The van der Waals surface area contributed by atoms with Gasteiger partial charge in [0.25, 0.3) is 5.91 Å². The number of thioether (sulfide) groups is 1. The predicted molar refractivity (Wildman–Crippen MR) is 119 cm³/mol. The molecule has 0 radical (unpaired) electrons. The number of carbonyl (C=O) groups excluding carboxylic acids is 2. The van der Waals surface area contributed by atoms with Crippen LogP contribution in [0.5, 0.6) is 11.5 Å². The third-order valence-electron chi connectivity index (χ3n) is 5.08. The molecule has 0 saturated carbocycles. The number of ether oxygens (including phenoxy) is 2. The molecule has 0 bridgehead atoms. The summed E-state index contributed by atoms with van der Waals surface area (Å²) in [5.74, 6) is 0.336. The number of nitrogens with zero attached hydrogens (tertiary/aromatic N) is 1. The van der Waals surface area contributed by atoms with Crippen LogP contribution in [0.1, 0.15) is 28.8 Å². The molecule has 32 heavy (non-hydrogen) atoms. The highest BCUT2D eigenvalue weighted by Gasteiger charge is 2.19. The van der Waals surface area contributed by atoms with Crippen LogP contribution >= 0.6 is 11.8 Å². The van der Waals surface area contributed by atoms with E-state index in [1.165, 1.54) is 24.9 Å². The molecule has 2 aromatic carbocycles. The third-order valence-corrected chi connectivity index (χ3v) is 6.14. The van der Waals surface area contributed by atoms with Crippen molar-refractivity contribution in [2.75, 3.05) is 32.5 Å². The number of halogens is 2. The average Bonchev–Trinajstić information content (AvgIpc) is 3.33. The summed E-state index contributed by atoms with van der Waals surface area (Å²) in [4.78, 5) is 27.6. The molecule has 1 saturated heterocycles. The second-order valence-electron chi connectivity index (χ2n) is 7.24. The Labute approximate surface area is 190 Å². The molecule has 0 spiro atoms. The van der Waals surface area contributed by atoms with Gasteiger partial charge in [0.15, 0.2) is 11.5 Å². The summed E-state index contributed by atoms with van der Waals surface area (Å²) < 4.78 is 34.4. The molecule has 9 heteroatoms. The van der Waals surface area contributed by atoms with Crippen LogP contribution < -0.4 is 14.8 Å². The molecule has 1 aliphatic rings. The highest BCUT2D eigenvalue weighted by atomic mass is 32.2. The molecule has 2 aromatic rings. The maximum Gasteiger partial charge on any atom is 0.387 e. The lowest BCUT2D eigenvalue weighted by molar-refractivity contribution is -0.127. The van der Waals surface area contributed by atoms with Gasteiger partial charge in [0.05, 0.1) is 18.4 Å². The Hall–Kier alpha value is -2.81. The molecule has 2 amide bonds. The Bertz CT molecular complexity index is 936. The zero-order valence-corrected chi connectivity index (χ0v) is 18.6. The Morgan fingerprint density at radius 3 is 2.59 bits per heavy atom. The second kappa shape index (κ2) is 11.7. The van der Waals surface area contributed by atoms with Gasteiger partial charge in [-0.1, -0.05) is 18.2 Å². The number of amides is 2.